The first-order chi connectivity index (χ1) is 6.27. The molecular formula is C9H13IO3. The Bertz CT molecular complexity index is 211. The summed E-state index contributed by atoms with van der Waals surface area (Å²) in [4.78, 5) is 11.2. The van der Waals surface area contributed by atoms with Crippen LogP contribution in [0.5, 0.6) is 0 Å². The van der Waals surface area contributed by atoms with Gasteiger partial charge in [0.15, 0.2) is 0 Å². The molecule has 0 aliphatic carbocycles. The van der Waals surface area contributed by atoms with Crippen molar-refractivity contribution in [2.24, 2.45) is 5.41 Å². The van der Waals surface area contributed by atoms with Gasteiger partial charge in [-0.15, -0.1) is 0 Å². The minimum Gasteiger partial charge on any atom is -0.461 e. The van der Waals surface area contributed by atoms with Crippen molar-refractivity contribution in [1.29, 1.82) is 0 Å². The molecule has 0 N–H and O–H groups in total. The van der Waals surface area contributed by atoms with Gasteiger partial charge >= 0.3 is 5.97 Å². The minimum absolute atomic E-state index is 0.0245. The van der Waals surface area contributed by atoms with Gasteiger partial charge in [0.1, 0.15) is 6.10 Å². The summed E-state index contributed by atoms with van der Waals surface area (Å²) in [5.74, 6) is -0.0245. The molecule has 2 heterocycles. The molecule has 0 aromatic heterocycles. The summed E-state index contributed by atoms with van der Waals surface area (Å²) in [7, 11) is 0. The van der Waals surface area contributed by atoms with Gasteiger partial charge in [0, 0.05) is 23.1 Å². The third-order valence-corrected chi connectivity index (χ3v) is 3.88. The van der Waals surface area contributed by atoms with Crippen LogP contribution in [0.15, 0.2) is 0 Å². The summed E-state index contributed by atoms with van der Waals surface area (Å²) in [6, 6.07) is 0. The zero-order chi connectivity index (χ0) is 9.31. The van der Waals surface area contributed by atoms with Crippen molar-refractivity contribution in [2.45, 2.75) is 25.4 Å². The fourth-order valence-electron chi connectivity index (χ4n) is 2.20. The maximum Gasteiger partial charge on any atom is 0.306 e. The molecule has 0 aromatic carbocycles. The van der Waals surface area contributed by atoms with Gasteiger partial charge in [-0.3, -0.25) is 4.79 Å². The van der Waals surface area contributed by atoms with E-state index in [1.54, 1.807) is 0 Å². The van der Waals surface area contributed by atoms with Crippen molar-refractivity contribution in [3.63, 3.8) is 0 Å². The number of hydrogen-bond donors (Lipinski definition) is 0. The summed E-state index contributed by atoms with van der Waals surface area (Å²) in [6.07, 6.45) is 2.69. The summed E-state index contributed by atoms with van der Waals surface area (Å²) >= 11 is 2.29. The molecule has 2 rings (SSSR count). The number of esters is 1. The predicted octanol–water partition coefficient (Wildman–Crippen LogP) is 1.53. The van der Waals surface area contributed by atoms with Crippen LogP contribution in [0, 0.1) is 5.41 Å². The van der Waals surface area contributed by atoms with Gasteiger partial charge in [-0.2, -0.15) is 0 Å². The van der Waals surface area contributed by atoms with Gasteiger partial charge in [0.2, 0.25) is 0 Å². The molecule has 3 nitrogen and oxygen atoms in total. The Labute approximate surface area is 91.3 Å². The fraction of sp³-hybridized carbons (Fsp3) is 0.889. The van der Waals surface area contributed by atoms with E-state index in [-0.39, 0.29) is 17.5 Å². The molecular weight excluding hydrogens is 283 g/mol. The van der Waals surface area contributed by atoms with Crippen LogP contribution < -0.4 is 0 Å². The number of hydrogen-bond acceptors (Lipinski definition) is 3. The molecule has 2 aliphatic heterocycles. The summed E-state index contributed by atoms with van der Waals surface area (Å²) in [5.41, 5.74) is 0.108. The average molecular weight is 296 g/mol. The monoisotopic (exact) mass is 296 g/mol. The second-order valence-electron chi connectivity index (χ2n) is 3.78. The lowest BCUT2D eigenvalue weighted by atomic mass is 9.75. The Hall–Kier alpha value is 0.160. The molecule has 74 valence electrons. The maximum atomic E-state index is 11.2. The van der Waals surface area contributed by atoms with Crippen molar-refractivity contribution >= 4 is 28.6 Å². The van der Waals surface area contributed by atoms with E-state index in [9.17, 15) is 4.79 Å². The molecule has 1 unspecified atom stereocenters. The van der Waals surface area contributed by atoms with Crippen molar-refractivity contribution in [1.82, 2.24) is 0 Å². The number of cyclic esters (lactones) is 1. The number of carbonyl (C=O) groups is 1. The van der Waals surface area contributed by atoms with Gasteiger partial charge in [0.25, 0.3) is 0 Å². The largest absolute Gasteiger partial charge is 0.461 e. The molecule has 0 amide bonds. The first-order valence-electron chi connectivity index (χ1n) is 4.60. The van der Waals surface area contributed by atoms with E-state index in [2.05, 4.69) is 22.6 Å². The standard InChI is InChI=1S/C9H13IO3/c10-6-7-9(5-8(11)13-7)1-3-12-4-2-9/h7H,1-6H2. The van der Waals surface area contributed by atoms with Crippen LogP contribution >= 0.6 is 22.6 Å². The fourth-order valence-corrected chi connectivity index (χ4v) is 3.31. The second kappa shape index (κ2) is 3.73. The highest BCUT2D eigenvalue weighted by atomic mass is 127. The summed E-state index contributed by atoms with van der Waals surface area (Å²) in [5, 5.41) is 0. The lowest BCUT2D eigenvalue weighted by molar-refractivity contribution is -0.141. The summed E-state index contributed by atoms with van der Waals surface area (Å²) < 4.78 is 11.5. The zero-order valence-corrected chi connectivity index (χ0v) is 9.58. The third-order valence-electron chi connectivity index (χ3n) is 3.08. The van der Waals surface area contributed by atoms with Crippen LogP contribution in [0.4, 0.5) is 0 Å². The van der Waals surface area contributed by atoms with Crippen molar-refractivity contribution in [2.75, 3.05) is 17.6 Å². The van der Waals surface area contributed by atoms with Crippen LogP contribution in [0.3, 0.4) is 0 Å². The number of carbonyl (C=O) groups excluding carboxylic acids is 1. The van der Waals surface area contributed by atoms with Gasteiger partial charge in [0.05, 0.1) is 6.42 Å². The van der Waals surface area contributed by atoms with Crippen molar-refractivity contribution in [3.8, 4) is 0 Å². The van der Waals surface area contributed by atoms with Crippen LogP contribution in [0.2, 0.25) is 0 Å². The Kier molecular flexibility index (Phi) is 2.78. The first-order valence-corrected chi connectivity index (χ1v) is 6.13. The van der Waals surface area contributed by atoms with E-state index in [0.29, 0.717) is 6.42 Å². The Morgan fingerprint density at radius 3 is 2.77 bits per heavy atom. The molecule has 1 spiro atoms. The van der Waals surface area contributed by atoms with E-state index in [1.807, 2.05) is 0 Å². The van der Waals surface area contributed by atoms with E-state index < -0.39 is 0 Å². The number of alkyl halides is 1. The zero-order valence-electron chi connectivity index (χ0n) is 7.42. The third kappa shape index (κ3) is 1.70. The van der Waals surface area contributed by atoms with Gasteiger partial charge in [-0.05, 0) is 12.8 Å². The van der Waals surface area contributed by atoms with Gasteiger partial charge < -0.3 is 9.47 Å². The molecule has 2 aliphatic rings. The lowest BCUT2D eigenvalue weighted by Gasteiger charge is -2.35. The van der Waals surface area contributed by atoms with E-state index in [1.165, 1.54) is 0 Å². The number of ether oxygens (including phenoxy) is 2. The molecule has 4 heteroatoms. The first kappa shape index (κ1) is 9.71. The van der Waals surface area contributed by atoms with Gasteiger partial charge in [-0.1, -0.05) is 22.6 Å². The highest BCUT2D eigenvalue weighted by Crippen LogP contribution is 2.44. The highest BCUT2D eigenvalue weighted by Gasteiger charge is 2.48. The number of rotatable bonds is 1. The molecule has 0 radical (unpaired) electrons. The minimum atomic E-state index is -0.0245. The van der Waals surface area contributed by atoms with E-state index in [4.69, 9.17) is 9.47 Å². The molecule has 2 saturated heterocycles. The molecule has 2 fully saturated rings. The quantitative estimate of drug-likeness (QED) is 0.418. The Morgan fingerprint density at radius 1 is 1.46 bits per heavy atom. The Morgan fingerprint density at radius 2 is 2.15 bits per heavy atom. The summed E-state index contributed by atoms with van der Waals surface area (Å²) in [6.45, 7) is 1.56. The molecule has 0 saturated carbocycles. The highest BCUT2D eigenvalue weighted by molar-refractivity contribution is 14.1. The Balaban J connectivity index is 2.13. The van der Waals surface area contributed by atoms with Crippen LogP contribution in [0.25, 0.3) is 0 Å². The van der Waals surface area contributed by atoms with Crippen molar-refractivity contribution in [3.05, 3.63) is 0 Å². The molecule has 13 heavy (non-hydrogen) atoms. The predicted molar refractivity (Wildman–Crippen MR) is 55.9 cm³/mol. The normalized spacial score (nSPS) is 32.1. The molecule has 1 atom stereocenters. The van der Waals surface area contributed by atoms with Crippen LogP contribution in [-0.2, 0) is 14.3 Å². The molecule has 0 aromatic rings. The topological polar surface area (TPSA) is 35.5 Å². The lowest BCUT2D eigenvalue weighted by Crippen LogP contribution is -2.37. The van der Waals surface area contributed by atoms with Crippen LogP contribution in [-0.4, -0.2) is 29.7 Å². The second-order valence-corrected chi connectivity index (χ2v) is 4.67. The van der Waals surface area contributed by atoms with Crippen LogP contribution in [0.1, 0.15) is 19.3 Å². The number of halogens is 1. The van der Waals surface area contributed by atoms with Crippen molar-refractivity contribution < 1.29 is 14.3 Å². The molecule has 0 bridgehead atoms. The average Bonchev–Trinajstić information content (AvgIpc) is 2.43. The van der Waals surface area contributed by atoms with Gasteiger partial charge in [-0.25, -0.2) is 0 Å². The SMILES string of the molecule is O=C1CC2(CCOCC2)C(CI)O1. The van der Waals surface area contributed by atoms with E-state index in [0.717, 1.165) is 30.5 Å². The smallest absolute Gasteiger partial charge is 0.306 e. The maximum absolute atomic E-state index is 11.2. The van der Waals surface area contributed by atoms with E-state index >= 15 is 0 Å².